The molecule has 1 aromatic heterocycles. The minimum Gasteiger partial charge on any atom is -0.497 e. The Labute approximate surface area is 138 Å². The van der Waals surface area contributed by atoms with Gasteiger partial charge in [0.05, 0.1) is 20.7 Å². The van der Waals surface area contributed by atoms with E-state index in [1.54, 1.807) is 11.7 Å². The van der Waals surface area contributed by atoms with Gasteiger partial charge in [-0.25, -0.2) is 0 Å². The summed E-state index contributed by atoms with van der Waals surface area (Å²) in [6, 6.07) is 9.98. The molecule has 0 amide bonds. The fourth-order valence-electron chi connectivity index (χ4n) is 3.26. The van der Waals surface area contributed by atoms with Crippen molar-refractivity contribution in [3.8, 4) is 0 Å². The van der Waals surface area contributed by atoms with Crippen molar-refractivity contribution in [3.63, 3.8) is 0 Å². The highest BCUT2D eigenvalue weighted by molar-refractivity contribution is 6.84. The van der Waals surface area contributed by atoms with E-state index in [-0.39, 0.29) is 5.91 Å². The van der Waals surface area contributed by atoms with E-state index in [1.807, 2.05) is 36.5 Å². The Bertz CT molecular complexity index is 821. The van der Waals surface area contributed by atoms with Crippen molar-refractivity contribution < 1.29 is 9.53 Å². The van der Waals surface area contributed by atoms with Crippen molar-refractivity contribution in [2.45, 2.75) is 32.5 Å². The molecule has 0 unspecified atom stereocenters. The molecule has 4 heteroatoms. The van der Waals surface area contributed by atoms with Crippen LogP contribution in [0.2, 0.25) is 19.6 Å². The van der Waals surface area contributed by atoms with Gasteiger partial charge in [-0.1, -0.05) is 37.8 Å². The molecule has 3 rings (SSSR count). The van der Waals surface area contributed by atoms with Gasteiger partial charge in [0.2, 0.25) is 5.91 Å². The number of allylic oxidation sites excluding steroid dienone is 3. The summed E-state index contributed by atoms with van der Waals surface area (Å²) in [5.41, 5.74) is 2.28. The highest BCUT2D eigenvalue weighted by Crippen LogP contribution is 2.37. The first-order chi connectivity index (χ1) is 10.9. The van der Waals surface area contributed by atoms with Crippen LogP contribution in [0.25, 0.3) is 10.9 Å². The largest absolute Gasteiger partial charge is 0.497 e. The number of fused-ring (bicyclic) bond motifs is 1. The summed E-state index contributed by atoms with van der Waals surface area (Å²) in [5, 5.41) is 2.48. The van der Waals surface area contributed by atoms with Crippen molar-refractivity contribution in [2.24, 2.45) is 0 Å². The SMILES string of the molecule is COC1=CC(CCC(=O)n2ccc3ccccc32)=C1[Si](C)(C)C. The average molecular weight is 325 g/mol. The second-order valence-corrected chi connectivity index (χ2v) is 12.0. The van der Waals surface area contributed by atoms with Gasteiger partial charge >= 0.3 is 0 Å². The number of aromatic nitrogens is 1. The van der Waals surface area contributed by atoms with Gasteiger partial charge in [0.15, 0.2) is 0 Å². The van der Waals surface area contributed by atoms with Crippen LogP contribution in [-0.2, 0) is 4.74 Å². The van der Waals surface area contributed by atoms with Gasteiger partial charge < -0.3 is 4.74 Å². The Hall–Kier alpha value is -2.07. The average Bonchev–Trinajstić information content (AvgIpc) is 2.88. The van der Waals surface area contributed by atoms with Crippen LogP contribution in [0, 0.1) is 0 Å². The molecule has 1 aromatic carbocycles. The molecule has 0 N–H and O–H groups in total. The molecule has 2 aromatic rings. The summed E-state index contributed by atoms with van der Waals surface area (Å²) in [6.45, 7) is 6.95. The normalized spacial score (nSPS) is 14.7. The van der Waals surface area contributed by atoms with E-state index in [0.717, 1.165) is 23.1 Å². The first kappa shape index (κ1) is 15.8. The van der Waals surface area contributed by atoms with Crippen LogP contribution in [0.4, 0.5) is 0 Å². The highest BCUT2D eigenvalue weighted by atomic mass is 28.3. The van der Waals surface area contributed by atoms with Gasteiger partial charge in [-0.15, -0.1) is 0 Å². The van der Waals surface area contributed by atoms with Crippen LogP contribution in [0.1, 0.15) is 17.6 Å². The van der Waals surface area contributed by atoms with Crippen LogP contribution in [-0.4, -0.2) is 25.7 Å². The minimum absolute atomic E-state index is 0.146. The van der Waals surface area contributed by atoms with E-state index in [0.29, 0.717) is 6.42 Å². The van der Waals surface area contributed by atoms with Crippen LogP contribution < -0.4 is 0 Å². The van der Waals surface area contributed by atoms with Gasteiger partial charge in [-0.3, -0.25) is 9.36 Å². The predicted octanol–water partition coefficient (Wildman–Crippen LogP) is 4.78. The smallest absolute Gasteiger partial charge is 0.231 e. The standard InChI is InChI=1S/C19H23NO2Si/c1-22-17-13-15(19(17)23(2,3)4)9-10-18(21)20-12-11-14-7-5-6-8-16(14)20/h5-8,11-13H,9-10H2,1-4H3. The third kappa shape index (κ3) is 2.91. The summed E-state index contributed by atoms with van der Waals surface area (Å²) < 4.78 is 7.21. The fraction of sp³-hybridized carbons (Fsp3) is 0.316. The van der Waals surface area contributed by atoms with Crippen molar-refractivity contribution >= 4 is 24.9 Å². The lowest BCUT2D eigenvalue weighted by Gasteiger charge is -2.31. The Morgan fingerprint density at radius 3 is 2.61 bits per heavy atom. The lowest BCUT2D eigenvalue weighted by Crippen LogP contribution is -2.31. The maximum atomic E-state index is 12.6. The number of rotatable bonds is 5. The van der Waals surface area contributed by atoms with Crippen LogP contribution in [0.15, 0.2) is 59.1 Å². The zero-order chi connectivity index (χ0) is 16.6. The molecule has 0 fully saturated rings. The van der Waals surface area contributed by atoms with Crippen molar-refractivity contribution in [1.82, 2.24) is 4.57 Å². The molecule has 120 valence electrons. The molecule has 1 aliphatic rings. The molecule has 0 radical (unpaired) electrons. The Morgan fingerprint density at radius 1 is 1.17 bits per heavy atom. The number of carbonyl (C=O) groups is 1. The number of benzene rings is 1. The second-order valence-electron chi connectivity index (χ2n) is 7.00. The number of methoxy groups -OCH3 is 1. The van der Waals surface area contributed by atoms with Gasteiger partial charge in [-0.05, 0) is 35.4 Å². The third-order valence-corrected chi connectivity index (χ3v) is 6.39. The van der Waals surface area contributed by atoms with Crippen LogP contribution in [0.5, 0.6) is 0 Å². The van der Waals surface area contributed by atoms with E-state index in [9.17, 15) is 4.79 Å². The summed E-state index contributed by atoms with van der Waals surface area (Å²) >= 11 is 0. The summed E-state index contributed by atoms with van der Waals surface area (Å²) in [4.78, 5) is 12.6. The molecular formula is C19H23NO2Si. The maximum absolute atomic E-state index is 12.6. The fourth-order valence-corrected chi connectivity index (χ4v) is 5.33. The summed E-state index contributed by atoms with van der Waals surface area (Å²) in [6.07, 6.45) is 5.28. The molecule has 0 aliphatic heterocycles. The lowest BCUT2D eigenvalue weighted by molar-refractivity contribution is 0.0908. The Kier molecular flexibility index (Phi) is 4.02. The topological polar surface area (TPSA) is 31.2 Å². The number of hydrogen-bond acceptors (Lipinski definition) is 2. The van der Waals surface area contributed by atoms with Crippen molar-refractivity contribution in [3.05, 3.63) is 59.1 Å². The van der Waals surface area contributed by atoms with Crippen molar-refractivity contribution in [2.75, 3.05) is 7.11 Å². The monoisotopic (exact) mass is 325 g/mol. The Morgan fingerprint density at radius 2 is 1.91 bits per heavy atom. The molecular weight excluding hydrogens is 302 g/mol. The number of nitrogens with zero attached hydrogens (tertiary/aromatic N) is 1. The molecule has 23 heavy (non-hydrogen) atoms. The van der Waals surface area contributed by atoms with Gasteiger partial charge in [0.1, 0.15) is 5.76 Å². The molecule has 0 spiro atoms. The van der Waals surface area contributed by atoms with Crippen molar-refractivity contribution in [1.29, 1.82) is 0 Å². The molecule has 0 bridgehead atoms. The number of para-hydroxylation sites is 1. The summed E-state index contributed by atoms with van der Waals surface area (Å²) in [7, 11) is 0.287. The van der Waals surface area contributed by atoms with E-state index in [2.05, 4.69) is 25.7 Å². The van der Waals surface area contributed by atoms with E-state index in [1.165, 1.54) is 10.8 Å². The molecule has 1 heterocycles. The number of hydrogen-bond donors (Lipinski definition) is 0. The molecule has 0 atom stereocenters. The molecule has 0 saturated heterocycles. The summed E-state index contributed by atoms with van der Waals surface area (Å²) in [5.74, 6) is 1.16. The minimum atomic E-state index is -1.43. The highest BCUT2D eigenvalue weighted by Gasteiger charge is 2.32. The van der Waals surface area contributed by atoms with E-state index in [4.69, 9.17) is 4.74 Å². The predicted molar refractivity (Wildman–Crippen MR) is 97.3 cm³/mol. The third-order valence-electron chi connectivity index (χ3n) is 4.32. The van der Waals surface area contributed by atoms with Crippen LogP contribution in [0.3, 0.4) is 0 Å². The first-order valence-corrected chi connectivity index (χ1v) is 11.5. The van der Waals surface area contributed by atoms with E-state index >= 15 is 0 Å². The number of ether oxygens (including phenoxy) is 1. The van der Waals surface area contributed by atoms with Crippen LogP contribution >= 0.6 is 0 Å². The first-order valence-electron chi connectivity index (χ1n) is 8.01. The van der Waals surface area contributed by atoms with Gasteiger partial charge in [0.25, 0.3) is 0 Å². The number of carbonyl (C=O) groups excluding carboxylic acids is 1. The van der Waals surface area contributed by atoms with Gasteiger partial charge in [-0.2, -0.15) is 0 Å². The Balaban J connectivity index is 1.75. The zero-order valence-corrected chi connectivity index (χ0v) is 15.2. The quantitative estimate of drug-likeness (QED) is 0.741. The molecule has 1 aliphatic carbocycles. The lowest BCUT2D eigenvalue weighted by atomic mass is 10.0. The maximum Gasteiger partial charge on any atom is 0.231 e. The second kappa shape index (κ2) is 5.85. The molecule has 0 saturated carbocycles. The molecule has 3 nitrogen and oxygen atoms in total. The van der Waals surface area contributed by atoms with Gasteiger partial charge in [0, 0.05) is 18.0 Å². The zero-order valence-electron chi connectivity index (χ0n) is 14.2. The van der Waals surface area contributed by atoms with E-state index < -0.39 is 8.07 Å².